The maximum atomic E-state index is 13.2. The Bertz CT molecular complexity index is 417. The summed E-state index contributed by atoms with van der Waals surface area (Å²) in [4.78, 5) is 10.9. The zero-order valence-corrected chi connectivity index (χ0v) is 8.86. The van der Waals surface area contributed by atoms with Gasteiger partial charge in [-0.25, -0.2) is 4.39 Å². The van der Waals surface area contributed by atoms with Crippen LogP contribution in [0.25, 0.3) is 0 Å². The molecule has 0 aromatic heterocycles. The summed E-state index contributed by atoms with van der Waals surface area (Å²) < 4.78 is 50.2. The van der Waals surface area contributed by atoms with E-state index >= 15 is 0 Å². The van der Waals surface area contributed by atoms with Crippen LogP contribution in [0.15, 0.2) is 18.2 Å². The van der Waals surface area contributed by atoms with Crippen LogP contribution in [0.3, 0.4) is 0 Å². The van der Waals surface area contributed by atoms with Crippen LogP contribution in [0.4, 0.5) is 23.2 Å². The van der Waals surface area contributed by atoms with Gasteiger partial charge in [0.2, 0.25) is 5.91 Å². The smallest absolute Gasteiger partial charge is 0.374 e. The van der Waals surface area contributed by atoms with Gasteiger partial charge in [0.05, 0.1) is 17.8 Å². The number of hydrogen-bond donors (Lipinski definition) is 2. The van der Waals surface area contributed by atoms with Gasteiger partial charge in [-0.1, -0.05) is 0 Å². The van der Waals surface area contributed by atoms with Gasteiger partial charge in [0.15, 0.2) is 0 Å². The molecule has 0 aliphatic heterocycles. The number of anilines is 1. The molecule has 0 atom stereocenters. The molecule has 0 heterocycles. The topological polar surface area (TPSA) is 41.1 Å². The van der Waals surface area contributed by atoms with Crippen LogP contribution in [0, 0.1) is 5.82 Å². The molecule has 0 bridgehead atoms. The Morgan fingerprint density at radius 1 is 1.35 bits per heavy atom. The predicted octanol–water partition coefficient (Wildman–Crippen LogP) is 2.00. The summed E-state index contributed by atoms with van der Waals surface area (Å²) in [6.45, 7) is -0.297. The zero-order valence-electron chi connectivity index (χ0n) is 8.86. The first kappa shape index (κ1) is 13.3. The molecule has 0 spiro atoms. The normalized spacial score (nSPS) is 11.1. The van der Waals surface area contributed by atoms with E-state index in [9.17, 15) is 22.4 Å². The van der Waals surface area contributed by atoms with Crippen molar-refractivity contribution < 1.29 is 22.4 Å². The molecule has 0 aliphatic rings. The summed E-state index contributed by atoms with van der Waals surface area (Å²) in [5, 5.41) is 4.54. The van der Waals surface area contributed by atoms with E-state index in [-0.39, 0.29) is 12.2 Å². The van der Waals surface area contributed by atoms with Crippen molar-refractivity contribution in [2.75, 3.05) is 18.9 Å². The van der Waals surface area contributed by atoms with E-state index in [1.54, 1.807) is 0 Å². The van der Waals surface area contributed by atoms with Crippen LogP contribution < -0.4 is 10.6 Å². The number of carbonyl (C=O) groups excluding carboxylic acids is 1. The van der Waals surface area contributed by atoms with E-state index in [1.165, 1.54) is 7.05 Å². The standard InChI is InChI=1S/C10H10F4N2O/c1-15-9(17)5-16-8-4-6(10(12,13)14)2-3-7(8)11/h2-4,16H,5H2,1H3,(H,15,17). The molecule has 17 heavy (non-hydrogen) atoms. The molecular formula is C10H10F4N2O. The minimum atomic E-state index is -4.54. The van der Waals surface area contributed by atoms with Gasteiger partial charge in [-0.05, 0) is 18.2 Å². The fourth-order valence-corrected chi connectivity index (χ4v) is 1.10. The molecular weight excluding hydrogens is 240 g/mol. The molecule has 0 radical (unpaired) electrons. The fraction of sp³-hybridized carbons (Fsp3) is 0.300. The molecule has 1 aromatic rings. The van der Waals surface area contributed by atoms with Gasteiger partial charge in [0, 0.05) is 7.05 Å². The van der Waals surface area contributed by atoms with Gasteiger partial charge < -0.3 is 10.6 Å². The SMILES string of the molecule is CNC(=O)CNc1cc(C(F)(F)F)ccc1F. The summed E-state index contributed by atoms with van der Waals surface area (Å²) in [7, 11) is 1.37. The van der Waals surface area contributed by atoms with Crippen molar-refractivity contribution in [3.8, 4) is 0 Å². The van der Waals surface area contributed by atoms with Crippen molar-refractivity contribution in [3.05, 3.63) is 29.6 Å². The van der Waals surface area contributed by atoms with Crippen molar-refractivity contribution in [2.24, 2.45) is 0 Å². The van der Waals surface area contributed by atoms with Crippen molar-refractivity contribution in [3.63, 3.8) is 0 Å². The molecule has 7 heteroatoms. The van der Waals surface area contributed by atoms with Gasteiger partial charge in [-0.2, -0.15) is 13.2 Å². The van der Waals surface area contributed by atoms with Gasteiger partial charge in [-0.3, -0.25) is 4.79 Å². The Morgan fingerprint density at radius 2 is 2.00 bits per heavy atom. The van der Waals surface area contributed by atoms with E-state index in [1.807, 2.05) is 0 Å². The second kappa shape index (κ2) is 5.03. The number of rotatable bonds is 3. The second-order valence-corrected chi connectivity index (χ2v) is 3.22. The summed E-state index contributed by atoms with van der Waals surface area (Å²) in [6, 6.07) is 1.97. The van der Waals surface area contributed by atoms with Crippen LogP contribution in [0.2, 0.25) is 0 Å². The monoisotopic (exact) mass is 250 g/mol. The summed E-state index contributed by atoms with van der Waals surface area (Å²) in [5.41, 5.74) is -1.33. The van der Waals surface area contributed by atoms with Gasteiger partial charge in [-0.15, -0.1) is 0 Å². The van der Waals surface area contributed by atoms with E-state index in [0.717, 1.165) is 0 Å². The summed E-state index contributed by atoms with van der Waals surface area (Å²) >= 11 is 0. The number of benzene rings is 1. The molecule has 1 amide bonds. The average molecular weight is 250 g/mol. The molecule has 1 rings (SSSR count). The average Bonchev–Trinajstić information content (AvgIpc) is 2.26. The van der Waals surface area contributed by atoms with Crippen molar-refractivity contribution >= 4 is 11.6 Å². The van der Waals surface area contributed by atoms with Gasteiger partial charge in [0.1, 0.15) is 5.82 Å². The van der Waals surface area contributed by atoms with E-state index in [4.69, 9.17) is 0 Å². The summed E-state index contributed by atoms with van der Waals surface area (Å²) in [5.74, 6) is -1.30. The Balaban J connectivity index is 2.88. The van der Waals surface area contributed by atoms with Crippen LogP contribution in [0.5, 0.6) is 0 Å². The lowest BCUT2D eigenvalue weighted by atomic mass is 10.2. The van der Waals surface area contributed by atoms with Crippen molar-refractivity contribution in [1.29, 1.82) is 0 Å². The third-order valence-corrected chi connectivity index (χ3v) is 2.01. The maximum absolute atomic E-state index is 13.2. The van der Waals surface area contributed by atoms with Crippen LogP contribution in [-0.4, -0.2) is 19.5 Å². The van der Waals surface area contributed by atoms with Crippen LogP contribution in [-0.2, 0) is 11.0 Å². The number of nitrogens with one attached hydrogen (secondary N) is 2. The molecule has 1 aromatic carbocycles. The van der Waals surface area contributed by atoms with Crippen LogP contribution in [0.1, 0.15) is 5.56 Å². The lowest BCUT2D eigenvalue weighted by Gasteiger charge is -2.11. The Labute approximate surface area is 94.8 Å². The number of amides is 1. The maximum Gasteiger partial charge on any atom is 0.416 e. The zero-order chi connectivity index (χ0) is 13.1. The number of alkyl halides is 3. The van der Waals surface area contributed by atoms with Crippen LogP contribution >= 0.6 is 0 Å². The highest BCUT2D eigenvalue weighted by Gasteiger charge is 2.31. The largest absolute Gasteiger partial charge is 0.416 e. The molecule has 94 valence electrons. The van der Waals surface area contributed by atoms with Crippen molar-refractivity contribution in [1.82, 2.24) is 5.32 Å². The van der Waals surface area contributed by atoms with E-state index < -0.39 is 23.5 Å². The first-order valence-corrected chi connectivity index (χ1v) is 4.66. The quantitative estimate of drug-likeness (QED) is 0.805. The highest BCUT2D eigenvalue weighted by atomic mass is 19.4. The van der Waals surface area contributed by atoms with E-state index in [0.29, 0.717) is 18.2 Å². The van der Waals surface area contributed by atoms with Gasteiger partial charge in [0.25, 0.3) is 0 Å². The number of carbonyl (C=O) groups is 1. The first-order chi connectivity index (χ1) is 7.84. The Kier molecular flexibility index (Phi) is 3.93. The molecule has 2 N–H and O–H groups in total. The minimum Gasteiger partial charge on any atom is -0.374 e. The predicted molar refractivity (Wildman–Crippen MR) is 54.0 cm³/mol. The molecule has 0 aliphatic carbocycles. The van der Waals surface area contributed by atoms with Gasteiger partial charge >= 0.3 is 6.18 Å². The molecule has 0 saturated carbocycles. The van der Waals surface area contributed by atoms with E-state index in [2.05, 4.69) is 10.6 Å². The van der Waals surface area contributed by atoms with Crippen molar-refractivity contribution in [2.45, 2.75) is 6.18 Å². The highest BCUT2D eigenvalue weighted by molar-refractivity contribution is 5.80. The highest BCUT2D eigenvalue weighted by Crippen LogP contribution is 2.31. The third kappa shape index (κ3) is 3.61. The molecule has 0 saturated heterocycles. The molecule has 3 nitrogen and oxygen atoms in total. The summed E-state index contributed by atoms with van der Waals surface area (Å²) in [6.07, 6.45) is -4.54. The number of hydrogen-bond acceptors (Lipinski definition) is 2. The number of likely N-dealkylation sites (N-methyl/N-ethyl adjacent to an activating group) is 1. The lowest BCUT2D eigenvalue weighted by molar-refractivity contribution is -0.137. The first-order valence-electron chi connectivity index (χ1n) is 4.66. The molecule has 0 fully saturated rings. The Morgan fingerprint density at radius 3 is 2.53 bits per heavy atom. The fourth-order valence-electron chi connectivity index (χ4n) is 1.10. The third-order valence-electron chi connectivity index (χ3n) is 2.01. The number of halogens is 4. The Hall–Kier alpha value is -1.79. The lowest BCUT2D eigenvalue weighted by Crippen LogP contribution is -2.26. The molecule has 0 unspecified atom stereocenters. The minimum absolute atomic E-state index is 0.297. The second-order valence-electron chi connectivity index (χ2n) is 3.22.